The van der Waals surface area contributed by atoms with Crippen LogP contribution in [0.15, 0.2) is 36.5 Å². The summed E-state index contributed by atoms with van der Waals surface area (Å²) in [5.74, 6) is -0.157. The molecule has 5 nitrogen and oxygen atoms in total. The van der Waals surface area contributed by atoms with Crippen molar-refractivity contribution in [3.05, 3.63) is 36.5 Å². The topological polar surface area (TPSA) is 89.8 Å². The lowest BCUT2D eigenvalue weighted by molar-refractivity contribution is -0.124. The smallest absolute Gasteiger partial charge is 0.220 e. The highest BCUT2D eigenvalue weighted by Gasteiger charge is 2.26. The Balaban J connectivity index is 3.49. The van der Waals surface area contributed by atoms with Crippen LogP contribution in [-0.4, -0.2) is 46.1 Å². The summed E-state index contributed by atoms with van der Waals surface area (Å²) in [4.78, 5) is 12.4. The molecule has 0 aromatic rings. The minimum Gasteiger partial charge on any atom is -0.394 e. The number of carbonyl (C=O) groups is 1. The van der Waals surface area contributed by atoms with Gasteiger partial charge in [0.15, 0.2) is 0 Å². The van der Waals surface area contributed by atoms with Crippen molar-refractivity contribution in [3.63, 3.8) is 0 Å². The fourth-order valence-electron chi connectivity index (χ4n) is 7.75. The normalized spacial score (nSPS) is 13.7. The van der Waals surface area contributed by atoms with Crippen LogP contribution in [-0.2, 0) is 4.79 Å². The highest BCUT2D eigenvalue weighted by atomic mass is 16.3. The lowest BCUT2D eigenvalue weighted by atomic mass is 10.0. The summed E-state index contributed by atoms with van der Waals surface area (Å²) in [6, 6.07) is -0.830. The van der Waals surface area contributed by atoms with Crippen LogP contribution in [0, 0.1) is 0 Å². The van der Waals surface area contributed by atoms with Gasteiger partial charge in [0.25, 0.3) is 0 Å². The van der Waals surface area contributed by atoms with E-state index >= 15 is 0 Å². The first-order valence-corrected chi connectivity index (χ1v) is 25.3. The number of rotatable bonds is 46. The third-order valence-corrected chi connectivity index (χ3v) is 11.7. The van der Waals surface area contributed by atoms with Gasteiger partial charge >= 0.3 is 0 Å². The van der Waals surface area contributed by atoms with E-state index in [9.17, 15) is 20.1 Å². The molecule has 0 heterocycles. The molecule has 4 N–H and O–H groups in total. The first-order valence-electron chi connectivity index (χ1n) is 25.3. The zero-order valence-electron chi connectivity index (χ0n) is 38.2. The average Bonchev–Trinajstić information content (AvgIpc) is 3.22. The zero-order valence-corrected chi connectivity index (χ0v) is 38.2. The van der Waals surface area contributed by atoms with E-state index in [0.29, 0.717) is 12.8 Å². The van der Waals surface area contributed by atoms with Gasteiger partial charge in [-0.3, -0.25) is 4.79 Å². The highest BCUT2D eigenvalue weighted by molar-refractivity contribution is 5.76. The fourth-order valence-corrected chi connectivity index (χ4v) is 7.75. The highest BCUT2D eigenvalue weighted by Crippen LogP contribution is 2.16. The number of hydrogen-bond donors (Lipinski definition) is 4. The summed E-state index contributed by atoms with van der Waals surface area (Å²) < 4.78 is 0. The van der Waals surface area contributed by atoms with Crippen LogP contribution in [0.5, 0.6) is 0 Å². The number of amides is 1. The molecular formula is C52H99NO4. The van der Waals surface area contributed by atoms with Gasteiger partial charge in [-0.25, -0.2) is 0 Å². The molecule has 5 heteroatoms. The summed E-state index contributed by atoms with van der Waals surface area (Å²) in [5.41, 5.74) is 0. The third-order valence-electron chi connectivity index (χ3n) is 11.7. The van der Waals surface area contributed by atoms with Gasteiger partial charge in [-0.05, 0) is 70.6 Å². The van der Waals surface area contributed by atoms with E-state index in [0.717, 1.165) is 51.4 Å². The molecule has 1 amide bonds. The molecule has 0 fully saturated rings. The molecule has 0 saturated carbocycles. The molecule has 3 unspecified atom stereocenters. The molecule has 0 saturated heterocycles. The van der Waals surface area contributed by atoms with Gasteiger partial charge < -0.3 is 20.6 Å². The van der Waals surface area contributed by atoms with Gasteiger partial charge in [-0.1, -0.05) is 224 Å². The number of carbonyl (C=O) groups excluding carboxylic acids is 1. The number of aliphatic hydroxyl groups is 3. The van der Waals surface area contributed by atoms with Crippen LogP contribution in [0.1, 0.15) is 264 Å². The summed E-state index contributed by atoms with van der Waals surface area (Å²) in [7, 11) is 0. The van der Waals surface area contributed by atoms with Crippen LogP contribution in [0.25, 0.3) is 0 Å². The fraction of sp³-hybridized carbons (Fsp3) is 0.865. The molecule has 0 spiro atoms. The zero-order chi connectivity index (χ0) is 41.5. The Morgan fingerprint density at radius 1 is 0.421 bits per heavy atom. The van der Waals surface area contributed by atoms with Gasteiger partial charge in [0.05, 0.1) is 18.8 Å². The predicted molar refractivity (Wildman–Crippen MR) is 250 cm³/mol. The van der Waals surface area contributed by atoms with E-state index in [4.69, 9.17) is 0 Å². The number of nitrogens with one attached hydrogen (secondary N) is 1. The molecule has 0 radical (unpaired) electrons. The van der Waals surface area contributed by atoms with Crippen molar-refractivity contribution in [2.75, 3.05) is 6.61 Å². The number of aliphatic hydroxyl groups excluding tert-OH is 3. The van der Waals surface area contributed by atoms with Crippen LogP contribution in [0.2, 0.25) is 0 Å². The SMILES string of the molecule is CCCC/C=C/CC/C=C/CCCC(O)C(O)C(CO)NC(=O)CCCCCCCCCCCCCCCCCC/C=C\CCCCCCCCCCCCCC. The van der Waals surface area contributed by atoms with Gasteiger partial charge in [0, 0.05) is 6.42 Å². The van der Waals surface area contributed by atoms with E-state index in [1.54, 1.807) is 0 Å². The van der Waals surface area contributed by atoms with E-state index < -0.39 is 18.2 Å². The Kier molecular flexibility index (Phi) is 46.1. The maximum Gasteiger partial charge on any atom is 0.220 e. The molecule has 0 aliphatic heterocycles. The van der Waals surface area contributed by atoms with Crippen molar-refractivity contribution >= 4 is 5.91 Å². The Morgan fingerprint density at radius 2 is 0.737 bits per heavy atom. The largest absolute Gasteiger partial charge is 0.394 e. The lowest BCUT2D eigenvalue weighted by Gasteiger charge is -2.26. The minimum absolute atomic E-state index is 0.157. The molecule has 3 atom stereocenters. The second-order valence-corrected chi connectivity index (χ2v) is 17.4. The molecule has 0 aromatic heterocycles. The van der Waals surface area contributed by atoms with E-state index in [-0.39, 0.29) is 12.5 Å². The monoisotopic (exact) mass is 802 g/mol. The van der Waals surface area contributed by atoms with Crippen molar-refractivity contribution in [1.82, 2.24) is 5.32 Å². The maximum absolute atomic E-state index is 12.4. The Bertz CT molecular complexity index is 885. The first kappa shape index (κ1) is 55.6. The Labute approximate surface area is 355 Å². The van der Waals surface area contributed by atoms with Crippen molar-refractivity contribution < 1.29 is 20.1 Å². The van der Waals surface area contributed by atoms with Gasteiger partial charge in [0.1, 0.15) is 6.10 Å². The molecule has 0 aliphatic rings. The number of unbranched alkanes of at least 4 members (excludes halogenated alkanes) is 32. The maximum atomic E-state index is 12.4. The first-order chi connectivity index (χ1) is 28.1. The molecule has 0 bridgehead atoms. The van der Waals surface area contributed by atoms with Crippen LogP contribution in [0.3, 0.4) is 0 Å². The van der Waals surface area contributed by atoms with Crippen molar-refractivity contribution in [1.29, 1.82) is 0 Å². The second-order valence-electron chi connectivity index (χ2n) is 17.4. The number of allylic oxidation sites excluding steroid dienone is 6. The molecule has 57 heavy (non-hydrogen) atoms. The molecular weight excluding hydrogens is 703 g/mol. The molecule has 336 valence electrons. The van der Waals surface area contributed by atoms with Gasteiger partial charge in [-0.2, -0.15) is 0 Å². The Hall–Kier alpha value is -1.43. The summed E-state index contributed by atoms with van der Waals surface area (Å²) >= 11 is 0. The quantitative estimate of drug-likeness (QED) is 0.0365. The number of hydrogen-bond acceptors (Lipinski definition) is 4. The molecule has 0 aliphatic carbocycles. The second kappa shape index (κ2) is 47.3. The predicted octanol–water partition coefficient (Wildman–Crippen LogP) is 15.1. The van der Waals surface area contributed by atoms with E-state index in [2.05, 4.69) is 55.6 Å². The summed E-state index contributed by atoms with van der Waals surface area (Å²) in [6.07, 6.45) is 60.2. The lowest BCUT2D eigenvalue weighted by Crippen LogP contribution is -2.50. The minimum atomic E-state index is -1.16. The van der Waals surface area contributed by atoms with Crippen LogP contribution >= 0.6 is 0 Å². The summed E-state index contributed by atoms with van der Waals surface area (Å²) in [5, 5.41) is 33.4. The third kappa shape index (κ3) is 42.5. The van der Waals surface area contributed by atoms with Gasteiger partial charge in [0.2, 0.25) is 5.91 Å². The molecule has 0 aromatic carbocycles. The van der Waals surface area contributed by atoms with E-state index in [1.165, 1.54) is 186 Å². The van der Waals surface area contributed by atoms with E-state index in [1.807, 2.05) is 0 Å². The van der Waals surface area contributed by atoms with Crippen molar-refractivity contribution in [3.8, 4) is 0 Å². The standard InChI is InChI=1S/C52H99NO4/c1-3-5-7-9-11-13-15-16-17-18-19-20-21-22-23-24-25-26-27-28-29-30-31-32-33-34-35-37-39-41-43-45-47-51(56)53-49(48-54)52(57)50(55)46-44-42-40-38-36-14-12-10-8-6-4-2/h10,12,22-23,38,40,49-50,52,54-55,57H,3-9,11,13-21,24-37,39,41-48H2,1-2H3,(H,53,56)/b12-10+,23-22-,40-38+. The molecule has 0 rings (SSSR count). The van der Waals surface area contributed by atoms with Crippen molar-refractivity contribution in [2.24, 2.45) is 0 Å². The van der Waals surface area contributed by atoms with Crippen LogP contribution in [0.4, 0.5) is 0 Å². The van der Waals surface area contributed by atoms with Crippen molar-refractivity contribution in [2.45, 2.75) is 283 Å². The average molecular weight is 802 g/mol. The van der Waals surface area contributed by atoms with Crippen LogP contribution < -0.4 is 5.32 Å². The Morgan fingerprint density at radius 3 is 1.12 bits per heavy atom. The summed E-state index contributed by atoms with van der Waals surface area (Å²) in [6.45, 7) is 4.12. The van der Waals surface area contributed by atoms with Gasteiger partial charge in [-0.15, -0.1) is 0 Å².